The molecule has 7 aromatic rings. The minimum atomic E-state index is 0.649. The minimum Gasteiger partial charge on any atom is -0.455 e. The molecule has 7 rings (SSSR count). The third-order valence-corrected chi connectivity index (χ3v) is 6.51. The number of hydrogen-bond acceptors (Lipinski definition) is 3. The molecule has 158 valence electrons. The lowest BCUT2D eigenvalue weighted by Crippen LogP contribution is -1.84. The highest BCUT2D eigenvalue weighted by molar-refractivity contribution is 6.22. The van der Waals surface area contributed by atoms with Crippen molar-refractivity contribution >= 4 is 43.9 Å². The Morgan fingerprint density at radius 3 is 1.71 bits per heavy atom. The Morgan fingerprint density at radius 2 is 1.09 bits per heavy atom. The molecule has 0 aliphatic heterocycles. The highest BCUT2D eigenvalue weighted by Gasteiger charge is 2.21. The molecule has 2 heterocycles. The molecule has 0 amide bonds. The van der Waals surface area contributed by atoms with Gasteiger partial charge in [-0.3, -0.25) is 0 Å². The molecule has 3 heteroatoms. The van der Waals surface area contributed by atoms with Crippen molar-refractivity contribution in [3.8, 4) is 28.3 Å². The Balaban J connectivity index is 1.57. The lowest BCUT2D eigenvalue weighted by atomic mass is 9.95. The van der Waals surface area contributed by atoms with Gasteiger partial charge in [0.05, 0.1) is 17.2 Å². The van der Waals surface area contributed by atoms with E-state index in [0.29, 0.717) is 5.56 Å². The normalized spacial score (nSPS) is 11.5. The molecule has 0 atom stereocenters. The van der Waals surface area contributed by atoms with Crippen molar-refractivity contribution in [2.75, 3.05) is 0 Å². The van der Waals surface area contributed by atoms with Crippen molar-refractivity contribution in [3.05, 3.63) is 109 Å². The largest absolute Gasteiger partial charge is 0.455 e. The quantitative estimate of drug-likeness (QED) is 0.273. The van der Waals surface area contributed by atoms with Gasteiger partial charge >= 0.3 is 0 Å². The smallest absolute Gasteiger partial charge is 0.147 e. The Hall–Kier alpha value is -4.81. The molecule has 0 bridgehead atoms. The van der Waals surface area contributed by atoms with Gasteiger partial charge in [-0.1, -0.05) is 66.7 Å². The fraction of sp³-hybridized carbons (Fsp3) is 0. The highest BCUT2D eigenvalue weighted by atomic mass is 16.3. The molecule has 34 heavy (non-hydrogen) atoms. The lowest BCUT2D eigenvalue weighted by Gasteiger charge is -2.08. The molecule has 0 fully saturated rings. The van der Waals surface area contributed by atoms with Gasteiger partial charge in [0.2, 0.25) is 0 Å². The molecule has 3 nitrogen and oxygen atoms in total. The van der Waals surface area contributed by atoms with Crippen molar-refractivity contribution in [2.24, 2.45) is 0 Å². The summed E-state index contributed by atoms with van der Waals surface area (Å²) in [5.41, 5.74) is 8.12. The fourth-order valence-electron chi connectivity index (χ4n) is 4.89. The number of fused-ring (bicyclic) bond motifs is 6. The van der Waals surface area contributed by atoms with Gasteiger partial charge in [0, 0.05) is 21.5 Å². The zero-order chi connectivity index (χ0) is 22.6. The molecule has 0 aliphatic rings. The molecular formula is C31H17NO2. The molecule has 0 aliphatic carbocycles. The third kappa shape index (κ3) is 2.69. The van der Waals surface area contributed by atoms with Gasteiger partial charge < -0.3 is 8.83 Å². The average Bonchev–Trinajstić information content (AvgIpc) is 3.45. The maximum Gasteiger partial charge on any atom is 0.147 e. The summed E-state index contributed by atoms with van der Waals surface area (Å²) in [4.78, 5) is 0. The van der Waals surface area contributed by atoms with Crippen LogP contribution >= 0.6 is 0 Å². The molecule has 2 aromatic heterocycles. The van der Waals surface area contributed by atoms with Gasteiger partial charge in [0.1, 0.15) is 22.3 Å². The van der Waals surface area contributed by atoms with E-state index in [1.165, 1.54) is 0 Å². The van der Waals surface area contributed by atoms with Crippen LogP contribution in [0, 0.1) is 11.3 Å². The van der Waals surface area contributed by atoms with Crippen LogP contribution in [0.15, 0.2) is 112 Å². The first-order valence-corrected chi connectivity index (χ1v) is 11.2. The first kappa shape index (κ1) is 18.7. The summed E-state index contributed by atoms with van der Waals surface area (Å²) in [5.74, 6) is 0. The molecule has 0 N–H and O–H groups in total. The van der Waals surface area contributed by atoms with E-state index in [9.17, 15) is 0 Å². The van der Waals surface area contributed by atoms with Crippen LogP contribution in [0.3, 0.4) is 0 Å². The molecule has 0 radical (unpaired) electrons. The molecule has 0 saturated heterocycles. The number of hydrogen-bond donors (Lipinski definition) is 0. The summed E-state index contributed by atoms with van der Waals surface area (Å²) < 4.78 is 12.8. The Labute approximate surface area is 195 Å². The molecule has 5 aromatic carbocycles. The Kier molecular flexibility index (Phi) is 3.91. The van der Waals surface area contributed by atoms with Gasteiger partial charge in [-0.25, -0.2) is 0 Å². The van der Waals surface area contributed by atoms with E-state index in [4.69, 9.17) is 14.1 Å². The van der Waals surface area contributed by atoms with Gasteiger partial charge in [-0.15, -0.1) is 0 Å². The van der Waals surface area contributed by atoms with Gasteiger partial charge in [0.25, 0.3) is 0 Å². The van der Waals surface area contributed by atoms with Crippen LogP contribution in [0.25, 0.3) is 66.1 Å². The van der Waals surface area contributed by atoms with Crippen LogP contribution in [0.4, 0.5) is 0 Å². The van der Waals surface area contributed by atoms with Crippen LogP contribution < -0.4 is 0 Å². The SMILES string of the molecule is N#Cc1ccc(-c2cccc(-c3c4oc5ccccc5c4cc4c3oc3ccccc34)c2)cc1. The Morgan fingerprint density at radius 1 is 0.500 bits per heavy atom. The van der Waals surface area contributed by atoms with Crippen LogP contribution in [0.5, 0.6) is 0 Å². The van der Waals surface area contributed by atoms with Crippen LogP contribution in [-0.4, -0.2) is 0 Å². The van der Waals surface area contributed by atoms with Crippen molar-refractivity contribution in [2.45, 2.75) is 0 Å². The van der Waals surface area contributed by atoms with Crippen molar-refractivity contribution in [3.63, 3.8) is 0 Å². The van der Waals surface area contributed by atoms with Crippen LogP contribution in [0.1, 0.15) is 5.56 Å². The van der Waals surface area contributed by atoms with E-state index in [-0.39, 0.29) is 0 Å². The van der Waals surface area contributed by atoms with E-state index in [1.54, 1.807) is 0 Å². The monoisotopic (exact) mass is 435 g/mol. The summed E-state index contributed by atoms with van der Waals surface area (Å²) >= 11 is 0. The van der Waals surface area contributed by atoms with E-state index < -0.39 is 0 Å². The highest BCUT2D eigenvalue weighted by Crippen LogP contribution is 2.44. The summed E-state index contributed by atoms with van der Waals surface area (Å²) in [6, 6.07) is 36.7. The standard InChI is InChI=1S/C31H17NO2/c32-18-19-12-14-20(15-13-19)21-6-5-7-22(16-21)29-30-25(23-8-1-3-10-27(23)33-30)17-26-24-9-2-4-11-28(24)34-31(26)29/h1-17H. The number of rotatable bonds is 2. The maximum atomic E-state index is 9.14. The van der Waals surface area contributed by atoms with Gasteiger partial charge in [-0.2, -0.15) is 5.26 Å². The first-order chi connectivity index (χ1) is 16.8. The van der Waals surface area contributed by atoms with E-state index in [2.05, 4.69) is 48.5 Å². The molecule has 0 saturated carbocycles. The zero-order valence-electron chi connectivity index (χ0n) is 18.1. The molecule has 0 unspecified atom stereocenters. The topological polar surface area (TPSA) is 50.1 Å². The number of para-hydroxylation sites is 2. The van der Waals surface area contributed by atoms with Crippen LogP contribution in [0.2, 0.25) is 0 Å². The summed E-state index contributed by atoms with van der Waals surface area (Å²) in [6.45, 7) is 0. The molecule has 0 spiro atoms. The predicted octanol–water partition coefficient (Wildman–Crippen LogP) is 8.69. The maximum absolute atomic E-state index is 9.14. The van der Waals surface area contributed by atoms with Crippen molar-refractivity contribution in [1.82, 2.24) is 0 Å². The summed E-state index contributed by atoms with van der Waals surface area (Å²) in [5, 5.41) is 13.5. The summed E-state index contributed by atoms with van der Waals surface area (Å²) in [6.07, 6.45) is 0. The Bertz CT molecular complexity index is 1830. The average molecular weight is 435 g/mol. The fourth-order valence-corrected chi connectivity index (χ4v) is 4.89. The van der Waals surface area contributed by atoms with E-state index in [0.717, 1.165) is 66.1 Å². The molecular weight excluding hydrogens is 418 g/mol. The van der Waals surface area contributed by atoms with E-state index in [1.807, 2.05) is 60.7 Å². The van der Waals surface area contributed by atoms with Gasteiger partial charge in [0.15, 0.2) is 0 Å². The van der Waals surface area contributed by atoms with Crippen molar-refractivity contribution < 1.29 is 8.83 Å². The number of furan rings is 2. The predicted molar refractivity (Wildman–Crippen MR) is 137 cm³/mol. The second-order valence-electron chi connectivity index (χ2n) is 8.47. The second kappa shape index (κ2) is 7.10. The minimum absolute atomic E-state index is 0.649. The number of nitrogens with zero attached hydrogens (tertiary/aromatic N) is 1. The van der Waals surface area contributed by atoms with Crippen LogP contribution in [-0.2, 0) is 0 Å². The lowest BCUT2D eigenvalue weighted by molar-refractivity contribution is 0.658. The third-order valence-electron chi connectivity index (χ3n) is 6.51. The number of benzene rings is 5. The second-order valence-corrected chi connectivity index (χ2v) is 8.47. The van der Waals surface area contributed by atoms with E-state index >= 15 is 0 Å². The first-order valence-electron chi connectivity index (χ1n) is 11.2. The zero-order valence-corrected chi connectivity index (χ0v) is 18.1. The van der Waals surface area contributed by atoms with Gasteiger partial charge in [-0.05, 0) is 53.1 Å². The number of nitriles is 1. The summed E-state index contributed by atoms with van der Waals surface area (Å²) in [7, 11) is 0. The van der Waals surface area contributed by atoms with Crippen molar-refractivity contribution in [1.29, 1.82) is 5.26 Å².